The lowest BCUT2D eigenvalue weighted by Crippen LogP contribution is -2.46. The molecule has 2 aromatic rings. The number of hydrogen-bond donors (Lipinski definition) is 2. The van der Waals surface area contributed by atoms with Crippen LogP contribution in [-0.2, 0) is 0 Å². The average Bonchev–Trinajstić information content (AvgIpc) is 2.84. The zero-order chi connectivity index (χ0) is 16.9. The van der Waals surface area contributed by atoms with Crippen molar-refractivity contribution in [2.45, 2.75) is 45.1 Å². The van der Waals surface area contributed by atoms with E-state index in [1.54, 1.807) is 0 Å². The van der Waals surface area contributed by atoms with Crippen LogP contribution >= 0.6 is 11.6 Å². The first kappa shape index (κ1) is 15.8. The summed E-state index contributed by atoms with van der Waals surface area (Å²) in [7, 11) is 0. The average molecular weight is 343 g/mol. The molecule has 126 valence electrons. The fraction of sp³-hybridized carbons (Fsp3) is 0.368. The summed E-state index contributed by atoms with van der Waals surface area (Å²) in [6.45, 7) is 6.79. The summed E-state index contributed by atoms with van der Waals surface area (Å²) in [6, 6.07) is 16.8. The molecule has 24 heavy (non-hydrogen) atoms. The van der Waals surface area contributed by atoms with Crippen molar-refractivity contribution in [3.05, 3.63) is 53.6 Å². The van der Waals surface area contributed by atoms with Gasteiger partial charge in [-0.05, 0) is 57.2 Å². The van der Waals surface area contributed by atoms with Gasteiger partial charge in [0.1, 0.15) is 0 Å². The lowest BCUT2D eigenvalue weighted by molar-refractivity contribution is 0.394. The first-order valence-electron chi connectivity index (χ1n) is 8.42. The first-order chi connectivity index (χ1) is 11.5. The van der Waals surface area contributed by atoms with Crippen LogP contribution < -0.4 is 20.7 Å². The minimum Gasteiger partial charge on any atom is -0.337 e. The van der Waals surface area contributed by atoms with Crippen LogP contribution in [0.1, 0.15) is 27.2 Å². The maximum Gasteiger partial charge on any atom is 0.0961 e. The van der Waals surface area contributed by atoms with Crippen LogP contribution in [0.4, 0.5) is 17.1 Å². The van der Waals surface area contributed by atoms with E-state index < -0.39 is 0 Å². The largest absolute Gasteiger partial charge is 0.337 e. The van der Waals surface area contributed by atoms with Crippen molar-refractivity contribution < 1.29 is 0 Å². The van der Waals surface area contributed by atoms with Gasteiger partial charge in [0.2, 0.25) is 0 Å². The summed E-state index contributed by atoms with van der Waals surface area (Å²) < 4.78 is 0. The lowest BCUT2D eigenvalue weighted by Gasteiger charge is -2.40. The number of nitrogens with zero attached hydrogens (tertiary/aromatic N) is 2. The van der Waals surface area contributed by atoms with Crippen molar-refractivity contribution in [3.63, 3.8) is 0 Å². The summed E-state index contributed by atoms with van der Waals surface area (Å²) in [4.78, 5) is 4.87. The Morgan fingerprint density at radius 2 is 1.67 bits per heavy atom. The Hall–Kier alpha value is -1.75. The second-order valence-electron chi connectivity index (χ2n) is 7.20. The molecule has 2 aromatic carbocycles. The molecule has 2 N–H and O–H groups in total. The molecule has 1 saturated heterocycles. The van der Waals surface area contributed by atoms with E-state index in [0.717, 1.165) is 11.4 Å². The van der Waals surface area contributed by atoms with E-state index in [0.29, 0.717) is 0 Å². The van der Waals surface area contributed by atoms with Crippen molar-refractivity contribution in [1.82, 2.24) is 10.9 Å². The number of fused-ring (bicyclic) bond motifs is 3. The van der Waals surface area contributed by atoms with Gasteiger partial charge in [0.25, 0.3) is 0 Å². The Balaban J connectivity index is 1.91. The molecule has 2 aliphatic rings. The normalized spacial score (nSPS) is 25.2. The fourth-order valence-corrected chi connectivity index (χ4v) is 4.12. The molecule has 0 radical (unpaired) electrons. The van der Waals surface area contributed by atoms with Gasteiger partial charge in [-0.2, -0.15) is 0 Å². The van der Waals surface area contributed by atoms with Crippen molar-refractivity contribution in [1.29, 1.82) is 0 Å². The maximum atomic E-state index is 6.11. The third-order valence-corrected chi connectivity index (χ3v) is 5.25. The molecule has 0 aliphatic carbocycles. The van der Waals surface area contributed by atoms with Crippen LogP contribution in [0, 0.1) is 0 Å². The van der Waals surface area contributed by atoms with Crippen LogP contribution in [0.5, 0.6) is 0 Å². The predicted octanol–water partition coefficient (Wildman–Crippen LogP) is 4.25. The van der Waals surface area contributed by atoms with Gasteiger partial charge in [0.05, 0.1) is 23.7 Å². The number of hydrazine groups is 1. The minimum atomic E-state index is -0.0535. The number of rotatable bonds is 1. The number of para-hydroxylation sites is 2. The van der Waals surface area contributed by atoms with Crippen LogP contribution in [0.3, 0.4) is 0 Å². The standard InChI is InChI=1S/C19H23ClN4/c1-13-21-22-18-12-19(2,3)24(15-10-8-14(20)9-11-15)17-7-5-4-6-16(17)23(13)18/h4-11,13,18,21-22H,12H2,1-3H3. The van der Waals surface area contributed by atoms with E-state index in [4.69, 9.17) is 11.6 Å². The third-order valence-electron chi connectivity index (χ3n) is 5.00. The highest BCUT2D eigenvalue weighted by molar-refractivity contribution is 6.30. The van der Waals surface area contributed by atoms with E-state index in [1.807, 2.05) is 12.1 Å². The van der Waals surface area contributed by atoms with Gasteiger partial charge in [0, 0.05) is 22.7 Å². The van der Waals surface area contributed by atoms with Crippen LogP contribution in [-0.4, -0.2) is 17.9 Å². The highest BCUT2D eigenvalue weighted by Crippen LogP contribution is 2.46. The van der Waals surface area contributed by atoms with Crippen molar-refractivity contribution in [2.24, 2.45) is 0 Å². The van der Waals surface area contributed by atoms with Gasteiger partial charge in [0.15, 0.2) is 0 Å². The summed E-state index contributed by atoms with van der Waals surface area (Å²) in [5.41, 5.74) is 10.4. The molecule has 1 fully saturated rings. The highest BCUT2D eigenvalue weighted by Gasteiger charge is 2.42. The van der Waals surface area contributed by atoms with Crippen LogP contribution in [0.25, 0.3) is 0 Å². The van der Waals surface area contributed by atoms with Gasteiger partial charge in [-0.25, -0.2) is 10.9 Å². The number of hydrogen-bond acceptors (Lipinski definition) is 4. The Morgan fingerprint density at radius 1 is 1.00 bits per heavy atom. The molecule has 0 amide bonds. The van der Waals surface area contributed by atoms with E-state index in [1.165, 1.54) is 17.1 Å². The van der Waals surface area contributed by atoms with Crippen molar-refractivity contribution in [2.75, 3.05) is 9.80 Å². The van der Waals surface area contributed by atoms with Crippen molar-refractivity contribution >= 4 is 28.7 Å². The van der Waals surface area contributed by atoms with Crippen LogP contribution in [0.2, 0.25) is 5.02 Å². The summed E-state index contributed by atoms with van der Waals surface area (Å²) in [5.74, 6) is 0. The number of benzene rings is 2. The molecule has 4 rings (SSSR count). The molecule has 2 unspecified atom stereocenters. The lowest BCUT2D eigenvalue weighted by atomic mass is 9.95. The number of halogens is 1. The van der Waals surface area contributed by atoms with E-state index >= 15 is 0 Å². The Kier molecular flexibility index (Phi) is 3.71. The predicted molar refractivity (Wildman–Crippen MR) is 101 cm³/mol. The van der Waals surface area contributed by atoms with E-state index in [9.17, 15) is 0 Å². The molecule has 2 aliphatic heterocycles. The molecule has 4 nitrogen and oxygen atoms in total. The Morgan fingerprint density at radius 3 is 2.38 bits per heavy atom. The fourth-order valence-electron chi connectivity index (χ4n) is 3.99. The first-order valence-corrected chi connectivity index (χ1v) is 8.79. The van der Waals surface area contributed by atoms with Gasteiger partial charge < -0.3 is 9.80 Å². The summed E-state index contributed by atoms with van der Waals surface area (Å²) in [5, 5.41) is 0.764. The Labute approximate surface area is 148 Å². The second-order valence-corrected chi connectivity index (χ2v) is 7.64. The molecule has 5 heteroatoms. The Bertz CT molecular complexity index is 743. The maximum absolute atomic E-state index is 6.11. The summed E-state index contributed by atoms with van der Waals surface area (Å²) in [6.07, 6.45) is 1.49. The zero-order valence-electron chi connectivity index (χ0n) is 14.3. The molecule has 0 aromatic heterocycles. The van der Waals surface area contributed by atoms with E-state index in [-0.39, 0.29) is 17.9 Å². The van der Waals surface area contributed by atoms with Gasteiger partial charge in [-0.15, -0.1) is 0 Å². The molecule has 0 saturated carbocycles. The topological polar surface area (TPSA) is 30.5 Å². The highest BCUT2D eigenvalue weighted by atomic mass is 35.5. The van der Waals surface area contributed by atoms with Gasteiger partial charge >= 0.3 is 0 Å². The minimum absolute atomic E-state index is 0.0535. The molecule has 0 bridgehead atoms. The molecular formula is C19H23ClN4. The van der Waals surface area contributed by atoms with E-state index in [2.05, 4.69) is 77.8 Å². The smallest absolute Gasteiger partial charge is 0.0961 e. The zero-order valence-corrected chi connectivity index (χ0v) is 15.0. The quantitative estimate of drug-likeness (QED) is 0.811. The van der Waals surface area contributed by atoms with Crippen molar-refractivity contribution in [3.8, 4) is 0 Å². The molecular weight excluding hydrogens is 320 g/mol. The third kappa shape index (κ3) is 2.46. The molecule has 0 spiro atoms. The summed E-state index contributed by atoms with van der Waals surface area (Å²) >= 11 is 6.11. The molecule has 2 heterocycles. The number of anilines is 3. The van der Waals surface area contributed by atoms with Gasteiger partial charge in [-0.3, -0.25) is 0 Å². The second kappa shape index (κ2) is 5.66. The van der Waals surface area contributed by atoms with Gasteiger partial charge in [-0.1, -0.05) is 23.7 Å². The SMILES string of the molecule is CC1NNC2CC(C)(C)N(c3ccc(Cl)cc3)c3ccccc3N12. The monoisotopic (exact) mass is 342 g/mol. The number of nitrogens with one attached hydrogen (secondary N) is 2. The molecule has 2 atom stereocenters. The van der Waals surface area contributed by atoms with Crippen LogP contribution in [0.15, 0.2) is 48.5 Å².